The fourth-order valence-electron chi connectivity index (χ4n) is 2.05. The first kappa shape index (κ1) is 13.6. The van der Waals surface area contributed by atoms with Crippen molar-refractivity contribution < 1.29 is 19.5 Å². The van der Waals surface area contributed by atoms with Crippen LogP contribution in [0.2, 0.25) is 0 Å². The molecule has 2 aliphatic rings. The van der Waals surface area contributed by atoms with E-state index in [4.69, 9.17) is 5.11 Å². The molecule has 0 heterocycles. The number of nitrogens with one attached hydrogen (secondary N) is 2. The van der Waals surface area contributed by atoms with Gasteiger partial charge < -0.3 is 15.7 Å². The Kier molecular flexibility index (Phi) is 3.37. The number of anilines is 2. The van der Waals surface area contributed by atoms with Crippen molar-refractivity contribution in [2.45, 2.75) is 25.7 Å². The van der Waals surface area contributed by atoms with Gasteiger partial charge in [-0.3, -0.25) is 9.59 Å². The van der Waals surface area contributed by atoms with Crippen molar-refractivity contribution in [1.29, 1.82) is 0 Å². The van der Waals surface area contributed by atoms with E-state index in [0.717, 1.165) is 25.7 Å². The average molecular weight is 288 g/mol. The molecule has 0 spiro atoms. The molecule has 1 aromatic carbocycles. The molecular formula is C15H16N2O4. The van der Waals surface area contributed by atoms with Gasteiger partial charge in [0.25, 0.3) is 0 Å². The van der Waals surface area contributed by atoms with Gasteiger partial charge in [-0.15, -0.1) is 0 Å². The Morgan fingerprint density at radius 2 is 1.43 bits per heavy atom. The van der Waals surface area contributed by atoms with Crippen LogP contribution >= 0.6 is 0 Å². The minimum Gasteiger partial charge on any atom is -0.478 e. The first-order chi connectivity index (χ1) is 10.0. The highest BCUT2D eigenvalue weighted by molar-refractivity contribution is 6.03. The van der Waals surface area contributed by atoms with E-state index in [0.29, 0.717) is 11.4 Å². The van der Waals surface area contributed by atoms with Crippen molar-refractivity contribution in [1.82, 2.24) is 0 Å². The summed E-state index contributed by atoms with van der Waals surface area (Å²) >= 11 is 0. The molecule has 0 unspecified atom stereocenters. The van der Waals surface area contributed by atoms with Gasteiger partial charge in [0.2, 0.25) is 11.8 Å². The highest BCUT2D eigenvalue weighted by Gasteiger charge is 2.32. The SMILES string of the molecule is O=C(O)c1ccc(NC(=O)C2CC2)c(NC(=O)C2CC2)c1. The number of amides is 2. The molecular weight excluding hydrogens is 272 g/mol. The van der Waals surface area contributed by atoms with Crippen molar-refractivity contribution in [3.05, 3.63) is 23.8 Å². The van der Waals surface area contributed by atoms with E-state index in [1.54, 1.807) is 0 Å². The van der Waals surface area contributed by atoms with Crippen LogP contribution in [0.5, 0.6) is 0 Å². The molecule has 2 aliphatic carbocycles. The quantitative estimate of drug-likeness (QED) is 0.773. The molecule has 2 fully saturated rings. The summed E-state index contributed by atoms with van der Waals surface area (Å²) in [5, 5.41) is 14.5. The van der Waals surface area contributed by atoms with Crippen LogP contribution in [0.4, 0.5) is 11.4 Å². The summed E-state index contributed by atoms with van der Waals surface area (Å²) in [5.74, 6) is -1.24. The van der Waals surface area contributed by atoms with Gasteiger partial charge in [0.1, 0.15) is 0 Å². The Bertz CT molecular complexity index is 618. The zero-order valence-electron chi connectivity index (χ0n) is 11.4. The van der Waals surface area contributed by atoms with Crippen LogP contribution in [0, 0.1) is 11.8 Å². The number of hydrogen-bond acceptors (Lipinski definition) is 3. The van der Waals surface area contributed by atoms with Crippen molar-refractivity contribution in [3.8, 4) is 0 Å². The molecule has 0 aromatic heterocycles. The third-order valence-electron chi connectivity index (χ3n) is 3.68. The number of benzene rings is 1. The Hall–Kier alpha value is -2.37. The Balaban J connectivity index is 1.83. The second-order valence-corrected chi connectivity index (χ2v) is 5.59. The zero-order valence-corrected chi connectivity index (χ0v) is 11.4. The van der Waals surface area contributed by atoms with E-state index >= 15 is 0 Å². The summed E-state index contributed by atoms with van der Waals surface area (Å²) in [6, 6.07) is 4.31. The van der Waals surface area contributed by atoms with Crippen LogP contribution in [-0.2, 0) is 9.59 Å². The van der Waals surface area contributed by atoms with E-state index < -0.39 is 5.97 Å². The molecule has 0 saturated heterocycles. The summed E-state index contributed by atoms with van der Waals surface area (Å²) in [5.41, 5.74) is 0.872. The Morgan fingerprint density at radius 3 is 1.90 bits per heavy atom. The van der Waals surface area contributed by atoms with Crippen LogP contribution in [0.15, 0.2) is 18.2 Å². The molecule has 0 bridgehead atoms. The van der Waals surface area contributed by atoms with E-state index in [9.17, 15) is 14.4 Å². The molecule has 21 heavy (non-hydrogen) atoms. The van der Waals surface area contributed by atoms with Crippen molar-refractivity contribution in [2.75, 3.05) is 10.6 Å². The van der Waals surface area contributed by atoms with Crippen LogP contribution in [-0.4, -0.2) is 22.9 Å². The fraction of sp³-hybridized carbons (Fsp3) is 0.400. The van der Waals surface area contributed by atoms with Gasteiger partial charge in [-0.1, -0.05) is 0 Å². The van der Waals surface area contributed by atoms with Crippen molar-refractivity contribution in [2.24, 2.45) is 11.8 Å². The summed E-state index contributed by atoms with van der Waals surface area (Å²) < 4.78 is 0. The van der Waals surface area contributed by atoms with Gasteiger partial charge in [-0.2, -0.15) is 0 Å². The topological polar surface area (TPSA) is 95.5 Å². The minimum absolute atomic E-state index is 0.00506. The summed E-state index contributed by atoms with van der Waals surface area (Å²) in [7, 11) is 0. The molecule has 2 saturated carbocycles. The molecule has 3 rings (SSSR count). The Labute approximate surface area is 121 Å². The molecule has 2 amide bonds. The number of rotatable bonds is 5. The van der Waals surface area contributed by atoms with E-state index in [2.05, 4.69) is 10.6 Å². The molecule has 3 N–H and O–H groups in total. The lowest BCUT2D eigenvalue weighted by atomic mass is 10.1. The van der Waals surface area contributed by atoms with Gasteiger partial charge in [0, 0.05) is 11.8 Å². The van der Waals surface area contributed by atoms with Crippen LogP contribution in [0.1, 0.15) is 36.0 Å². The van der Waals surface area contributed by atoms with Crippen LogP contribution < -0.4 is 10.6 Å². The smallest absolute Gasteiger partial charge is 0.335 e. The Morgan fingerprint density at radius 1 is 0.905 bits per heavy atom. The first-order valence-electron chi connectivity index (χ1n) is 7.03. The molecule has 110 valence electrons. The molecule has 0 radical (unpaired) electrons. The van der Waals surface area contributed by atoms with E-state index in [1.807, 2.05) is 0 Å². The normalized spacial score (nSPS) is 17.1. The second-order valence-electron chi connectivity index (χ2n) is 5.59. The second kappa shape index (κ2) is 5.20. The number of carbonyl (C=O) groups is 3. The monoisotopic (exact) mass is 288 g/mol. The maximum absolute atomic E-state index is 11.9. The highest BCUT2D eigenvalue weighted by atomic mass is 16.4. The lowest BCUT2D eigenvalue weighted by Crippen LogP contribution is -2.18. The predicted octanol–water partition coefficient (Wildman–Crippen LogP) is 2.08. The summed E-state index contributed by atoms with van der Waals surface area (Å²) in [6.07, 6.45) is 3.47. The zero-order chi connectivity index (χ0) is 15.0. The maximum atomic E-state index is 11.9. The fourth-order valence-corrected chi connectivity index (χ4v) is 2.05. The third kappa shape index (κ3) is 3.21. The number of carbonyl (C=O) groups excluding carboxylic acids is 2. The van der Waals surface area contributed by atoms with E-state index in [1.165, 1.54) is 18.2 Å². The molecule has 6 heteroatoms. The lowest BCUT2D eigenvalue weighted by Gasteiger charge is -2.13. The summed E-state index contributed by atoms with van der Waals surface area (Å²) in [4.78, 5) is 34.7. The van der Waals surface area contributed by atoms with Crippen LogP contribution in [0.25, 0.3) is 0 Å². The van der Waals surface area contributed by atoms with Crippen molar-refractivity contribution >= 4 is 29.2 Å². The number of carboxylic acids is 1. The average Bonchev–Trinajstić information content (AvgIpc) is 3.29. The van der Waals surface area contributed by atoms with Gasteiger partial charge in [0.05, 0.1) is 16.9 Å². The standard InChI is InChI=1S/C15H16N2O4/c18-13(8-1-2-8)16-11-6-5-10(15(20)21)7-12(11)17-14(19)9-3-4-9/h5-9H,1-4H2,(H,16,18)(H,17,19)(H,20,21). The number of hydrogen-bond donors (Lipinski definition) is 3. The number of aromatic carboxylic acids is 1. The van der Waals surface area contributed by atoms with Gasteiger partial charge in [-0.05, 0) is 43.9 Å². The van der Waals surface area contributed by atoms with Crippen molar-refractivity contribution in [3.63, 3.8) is 0 Å². The highest BCUT2D eigenvalue weighted by Crippen LogP contribution is 2.34. The lowest BCUT2D eigenvalue weighted by molar-refractivity contribution is -0.118. The van der Waals surface area contributed by atoms with E-state index in [-0.39, 0.29) is 29.2 Å². The molecule has 6 nitrogen and oxygen atoms in total. The van der Waals surface area contributed by atoms with Crippen LogP contribution in [0.3, 0.4) is 0 Å². The minimum atomic E-state index is -1.07. The molecule has 1 aromatic rings. The number of carboxylic acid groups (broad SMARTS) is 1. The molecule has 0 atom stereocenters. The van der Waals surface area contributed by atoms with Gasteiger partial charge in [0.15, 0.2) is 0 Å². The predicted molar refractivity (Wildman–Crippen MR) is 76.1 cm³/mol. The maximum Gasteiger partial charge on any atom is 0.335 e. The van der Waals surface area contributed by atoms with Gasteiger partial charge >= 0.3 is 5.97 Å². The first-order valence-corrected chi connectivity index (χ1v) is 7.03. The molecule has 0 aliphatic heterocycles. The third-order valence-corrected chi connectivity index (χ3v) is 3.68. The largest absolute Gasteiger partial charge is 0.478 e. The summed E-state index contributed by atoms with van der Waals surface area (Å²) in [6.45, 7) is 0. The van der Waals surface area contributed by atoms with Gasteiger partial charge in [-0.25, -0.2) is 4.79 Å².